The molecule has 0 fully saturated rings. The quantitative estimate of drug-likeness (QED) is 0.518. The van der Waals surface area contributed by atoms with Crippen molar-refractivity contribution in [3.8, 4) is 22.6 Å². The van der Waals surface area contributed by atoms with E-state index < -0.39 is 5.63 Å². The van der Waals surface area contributed by atoms with Crippen molar-refractivity contribution in [1.29, 1.82) is 0 Å². The van der Waals surface area contributed by atoms with E-state index >= 15 is 0 Å². The van der Waals surface area contributed by atoms with E-state index in [-0.39, 0.29) is 0 Å². The van der Waals surface area contributed by atoms with Crippen molar-refractivity contribution >= 4 is 21.9 Å². The van der Waals surface area contributed by atoms with Crippen molar-refractivity contribution < 1.29 is 13.9 Å². The van der Waals surface area contributed by atoms with Gasteiger partial charge in [0.2, 0.25) is 0 Å². The van der Waals surface area contributed by atoms with Crippen molar-refractivity contribution in [2.24, 2.45) is 7.05 Å². The van der Waals surface area contributed by atoms with Crippen LogP contribution in [0, 0.1) is 6.92 Å². The Bertz CT molecular complexity index is 1200. The second-order valence-electron chi connectivity index (χ2n) is 6.31. The number of nitrogens with zero attached hydrogens (tertiary/aromatic N) is 1. The first kappa shape index (κ1) is 16.3. The molecule has 0 saturated carbocycles. The number of fused-ring (bicyclic) bond motifs is 2. The van der Waals surface area contributed by atoms with E-state index in [4.69, 9.17) is 13.9 Å². The number of aromatic nitrogens is 1. The van der Waals surface area contributed by atoms with Crippen LogP contribution in [-0.4, -0.2) is 18.8 Å². The number of hydrogen-bond donors (Lipinski definition) is 0. The van der Waals surface area contributed by atoms with Gasteiger partial charge in [0.15, 0.2) is 11.5 Å². The van der Waals surface area contributed by atoms with E-state index in [1.54, 1.807) is 14.2 Å². The van der Waals surface area contributed by atoms with Gasteiger partial charge in [0.05, 0.1) is 19.6 Å². The fourth-order valence-corrected chi connectivity index (χ4v) is 3.53. The van der Waals surface area contributed by atoms with Gasteiger partial charge in [-0.3, -0.25) is 0 Å². The molecule has 0 aliphatic carbocycles. The van der Waals surface area contributed by atoms with E-state index in [9.17, 15) is 4.79 Å². The van der Waals surface area contributed by atoms with Crippen molar-refractivity contribution in [2.75, 3.05) is 14.2 Å². The topological polar surface area (TPSA) is 53.6 Å². The van der Waals surface area contributed by atoms with Gasteiger partial charge in [-0.15, -0.1) is 0 Å². The third kappa shape index (κ3) is 2.36. The van der Waals surface area contributed by atoms with Crippen LogP contribution in [0.25, 0.3) is 33.0 Å². The Balaban J connectivity index is 2.11. The summed E-state index contributed by atoms with van der Waals surface area (Å²) in [5.74, 6) is 1.20. The van der Waals surface area contributed by atoms with Crippen molar-refractivity contribution in [3.05, 3.63) is 58.6 Å². The van der Waals surface area contributed by atoms with Gasteiger partial charge in [0.25, 0.3) is 0 Å². The molecule has 0 atom stereocenters. The first-order valence-corrected chi connectivity index (χ1v) is 8.28. The molecule has 0 spiro atoms. The maximum absolute atomic E-state index is 12.2. The highest BCUT2D eigenvalue weighted by Crippen LogP contribution is 2.43. The third-order valence-corrected chi connectivity index (χ3v) is 4.73. The summed E-state index contributed by atoms with van der Waals surface area (Å²) in [7, 11) is 5.20. The molecule has 0 bridgehead atoms. The second-order valence-corrected chi connectivity index (χ2v) is 6.31. The molecule has 2 aromatic heterocycles. The third-order valence-electron chi connectivity index (χ3n) is 4.73. The summed E-state index contributed by atoms with van der Waals surface area (Å²) >= 11 is 0. The van der Waals surface area contributed by atoms with E-state index in [1.807, 2.05) is 38.4 Å². The summed E-state index contributed by atoms with van der Waals surface area (Å²) in [6, 6.07) is 11.5. The Morgan fingerprint density at radius 3 is 2.50 bits per heavy atom. The Morgan fingerprint density at radius 1 is 1.00 bits per heavy atom. The van der Waals surface area contributed by atoms with Crippen LogP contribution in [0.4, 0.5) is 0 Å². The number of hydrogen-bond acceptors (Lipinski definition) is 4. The summed E-state index contributed by atoms with van der Waals surface area (Å²) in [4.78, 5) is 12.2. The molecule has 0 aliphatic heterocycles. The number of methoxy groups -OCH3 is 2. The lowest BCUT2D eigenvalue weighted by molar-refractivity contribution is 0.356. The molecule has 0 unspecified atom stereocenters. The van der Waals surface area contributed by atoms with E-state index in [0.29, 0.717) is 17.1 Å². The standard InChI is InChI=1S/C21H19NO4/c1-12-9-17-19(21(25-4)20(12)24-3)15(11-18(23)26-17)13-5-6-16-14(10-13)7-8-22(16)2/h5-11H,1-4H3. The Morgan fingerprint density at radius 2 is 1.77 bits per heavy atom. The lowest BCUT2D eigenvalue weighted by Gasteiger charge is -2.15. The monoisotopic (exact) mass is 349 g/mol. The van der Waals surface area contributed by atoms with E-state index in [2.05, 4.69) is 16.7 Å². The zero-order valence-electron chi connectivity index (χ0n) is 15.1. The van der Waals surface area contributed by atoms with Crippen molar-refractivity contribution in [2.45, 2.75) is 6.92 Å². The zero-order chi connectivity index (χ0) is 18.4. The van der Waals surface area contributed by atoms with Gasteiger partial charge in [-0.2, -0.15) is 0 Å². The van der Waals surface area contributed by atoms with E-state index in [1.165, 1.54) is 6.07 Å². The van der Waals surface area contributed by atoms with Gasteiger partial charge in [-0.25, -0.2) is 4.79 Å². The van der Waals surface area contributed by atoms with Crippen LogP contribution in [0.3, 0.4) is 0 Å². The van der Waals surface area contributed by atoms with Gasteiger partial charge in [0, 0.05) is 35.8 Å². The fraction of sp³-hybridized carbons (Fsp3) is 0.190. The average Bonchev–Trinajstić information content (AvgIpc) is 3.00. The molecule has 132 valence electrons. The van der Waals surface area contributed by atoms with Crippen molar-refractivity contribution in [3.63, 3.8) is 0 Å². The largest absolute Gasteiger partial charge is 0.493 e. The van der Waals surface area contributed by atoms with Gasteiger partial charge in [-0.1, -0.05) is 6.07 Å². The van der Waals surface area contributed by atoms with Crippen LogP contribution in [0.1, 0.15) is 5.56 Å². The number of rotatable bonds is 3. The molecular formula is C21H19NO4. The van der Waals surface area contributed by atoms with E-state index in [0.717, 1.165) is 33.0 Å². The van der Waals surface area contributed by atoms with Gasteiger partial charge < -0.3 is 18.5 Å². The minimum absolute atomic E-state index is 0.396. The Labute approximate surface area is 150 Å². The molecule has 0 radical (unpaired) electrons. The predicted molar refractivity (Wildman–Crippen MR) is 102 cm³/mol. The fourth-order valence-electron chi connectivity index (χ4n) is 3.53. The first-order valence-electron chi connectivity index (χ1n) is 8.28. The van der Waals surface area contributed by atoms with Crippen LogP contribution in [0.15, 0.2) is 51.8 Å². The predicted octanol–water partition coefficient (Wildman–Crippen LogP) is 4.28. The Kier molecular flexibility index (Phi) is 3.72. The number of ether oxygens (including phenoxy) is 2. The number of benzene rings is 2. The lowest BCUT2D eigenvalue weighted by atomic mass is 9.98. The molecular weight excluding hydrogens is 330 g/mol. The van der Waals surface area contributed by atoms with Crippen LogP contribution in [0.5, 0.6) is 11.5 Å². The highest BCUT2D eigenvalue weighted by molar-refractivity contribution is 6.01. The minimum atomic E-state index is -0.396. The highest BCUT2D eigenvalue weighted by atomic mass is 16.5. The number of aryl methyl sites for hydroxylation is 2. The van der Waals surface area contributed by atoms with Crippen LogP contribution < -0.4 is 15.1 Å². The highest BCUT2D eigenvalue weighted by Gasteiger charge is 2.19. The molecule has 0 N–H and O–H groups in total. The molecule has 2 aromatic carbocycles. The summed E-state index contributed by atoms with van der Waals surface area (Å²) in [6.45, 7) is 1.89. The smallest absolute Gasteiger partial charge is 0.336 e. The molecule has 2 heterocycles. The molecule has 5 nitrogen and oxygen atoms in total. The van der Waals surface area contributed by atoms with Gasteiger partial charge in [-0.05, 0) is 42.3 Å². The first-order chi connectivity index (χ1) is 12.5. The molecule has 4 aromatic rings. The van der Waals surface area contributed by atoms with Crippen LogP contribution >= 0.6 is 0 Å². The van der Waals surface area contributed by atoms with Gasteiger partial charge >= 0.3 is 5.63 Å². The molecule has 0 aliphatic rings. The maximum Gasteiger partial charge on any atom is 0.336 e. The average molecular weight is 349 g/mol. The molecule has 4 rings (SSSR count). The maximum atomic E-state index is 12.2. The molecule has 26 heavy (non-hydrogen) atoms. The summed E-state index contributed by atoms with van der Waals surface area (Å²) in [6.07, 6.45) is 2.01. The van der Waals surface area contributed by atoms with Crippen LogP contribution in [0.2, 0.25) is 0 Å². The minimum Gasteiger partial charge on any atom is -0.493 e. The normalized spacial score (nSPS) is 11.2. The molecule has 0 saturated heterocycles. The second kappa shape index (κ2) is 5.95. The zero-order valence-corrected chi connectivity index (χ0v) is 15.1. The SMILES string of the molecule is COc1c(C)cc2oc(=O)cc(-c3ccc4c(ccn4C)c3)c2c1OC. The lowest BCUT2D eigenvalue weighted by Crippen LogP contribution is -2.02. The van der Waals surface area contributed by atoms with Gasteiger partial charge in [0.1, 0.15) is 5.58 Å². The molecule has 5 heteroatoms. The molecule has 0 amide bonds. The summed E-state index contributed by atoms with van der Waals surface area (Å²) < 4.78 is 18.7. The van der Waals surface area contributed by atoms with Crippen LogP contribution in [-0.2, 0) is 7.05 Å². The summed E-state index contributed by atoms with van der Waals surface area (Å²) in [5.41, 5.74) is 3.74. The summed E-state index contributed by atoms with van der Waals surface area (Å²) in [5, 5.41) is 1.83. The van der Waals surface area contributed by atoms with Crippen molar-refractivity contribution in [1.82, 2.24) is 4.57 Å². The Hall–Kier alpha value is -3.21.